The molecule has 0 N–H and O–H groups in total. The Hall–Kier alpha value is 1.25. The molecule has 1 nitrogen and oxygen atoms in total. The van der Waals surface area contributed by atoms with E-state index in [1.807, 2.05) is 0 Å². The number of Topliss-reactive ketones (excluding diaryl/α,β-unsaturated/α-hetero) is 1. The van der Waals surface area contributed by atoms with Crippen molar-refractivity contribution in [2.75, 3.05) is 0 Å². The van der Waals surface area contributed by atoms with E-state index in [-0.39, 0.29) is 5.78 Å². The Morgan fingerprint density at radius 2 is 1.25 bits per heavy atom. The topological polar surface area (TPSA) is 17.1 Å². The number of halogens is 3. The van der Waals surface area contributed by atoms with Gasteiger partial charge in [-0.3, -0.25) is 0 Å². The van der Waals surface area contributed by atoms with Crippen molar-refractivity contribution in [2.24, 2.45) is 0 Å². The van der Waals surface area contributed by atoms with Gasteiger partial charge in [0.15, 0.2) is 0 Å². The van der Waals surface area contributed by atoms with Gasteiger partial charge in [0.1, 0.15) is 5.78 Å². The molecule has 0 aliphatic rings. The second-order valence-corrected chi connectivity index (χ2v) is 8.86. The molecule has 0 aromatic carbocycles. The summed E-state index contributed by atoms with van der Waals surface area (Å²) in [7, 11) is 14.9. The summed E-state index contributed by atoms with van der Waals surface area (Å²) in [6, 6.07) is 0. The molecule has 0 amide bonds. The fourth-order valence-corrected chi connectivity index (χ4v) is 0. The average molecular weight is 212 g/mol. The van der Waals surface area contributed by atoms with E-state index in [9.17, 15) is 4.79 Å². The molecule has 0 heterocycles. The fraction of sp³-hybridized carbons (Fsp3) is 0.667. The van der Waals surface area contributed by atoms with Crippen molar-refractivity contribution in [1.82, 2.24) is 0 Å². The molecule has 5 heteroatoms. The van der Waals surface area contributed by atoms with Crippen LogP contribution >= 0.6 is 27.9 Å². The first-order valence-corrected chi connectivity index (χ1v) is 8.22. The molecule has 0 saturated carbocycles. The number of carbonyl (C=O) groups excluding carboxylic acids is 1. The molecule has 0 atom stereocenters. The van der Waals surface area contributed by atoms with Gasteiger partial charge >= 0.3 is 42.6 Å². The molecule has 0 aromatic heterocycles. The molecule has 0 fully saturated rings. The summed E-state index contributed by atoms with van der Waals surface area (Å²) in [6.45, 7) is 3.06. The van der Waals surface area contributed by atoms with Crippen LogP contribution in [0.15, 0.2) is 0 Å². The van der Waals surface area contributed by atoms with Gasteiger partial charge < -0.3 is 4.79 Å². The standard InChI is InChI=1S/C3H6O.3ClH.Ti/c1-3(2)4;;;;/h1-2H3;3*1H;/q;;;;+3/p-3. The second-order valence-electron chi connectivity index (χ2n) is 1.12. The summed E-state index contributed by atoms with van der Waals surface area (Å²) < 4.78 is 0. The molecular formula is C3H6Cl3OTi. The van der Waals surface area contributed by atoms with E-state index in [4.69, 9.17) is 27.9 Å². The molecule has 8 heavy (non-hydrogen) atoms. The third-order valence-electron chi connectivity index (χ3n) is 0. The van der Waals surface area contributed by atoms with Gasteiger partial charge in [-0.25, -0.2) is 0 Å². The maximum absolute atomic E-state index is 9.44. The van der Waals surface area contributed by atoms with E-state index in [0.29, 0.717) is 0 Å². The van der Waals surface area contributed by atoms with Crippen molar-refractivity contribution in [2.45, 2.75) is 13.8 Å². The monoisotopic (exact) mass is 211 g/mol. The van der Waals surface area contributed by atoms with E-state index in [0.717, 1.165) is 0 Å². The first-order chi connectivity index (χ1) is 3.46. The molecule has 0 unspecified atom stereocenters. The van der Waals surface area contributed by atoms with Crippen LogP contribution in [0.2, 0.25) is 0 Å². The van der Waals surface area contributed by atoms with Crippen LogP contribution in [0.5, 0.6) is 0 Å². The van der Waals surface area contributed by atoms with E-state index in [1.54, 1.807) is 0 Å². The van der Waals surface area contributed by atoms with Crippen LogP contribution in [0.3, 0.4) is 0 Å². The van der Waals surface area contributed by atoms with Crippen LogP contribution in [-0.2, 0) is 19.5 Å². The van der Waals surface area contributed by atoms with Crippen molar-refractivity contribution < 1.29 is 19.5 Å². The Morgan fingerprint density at radius 1 is 1.25 bits per heavy atom. The van der Waals surface area contributed by atoms with Crippen molar-refractivity contribution in [1.29, 1.82) is 0 Å². The third kappa shape index (κ3) is 180. The summed E-state index contributed by atoms with van der Waals surface area (Å²) in [6.07, 6.45) is 0. The molecule has 0 rings (SSSR count). The molecule has 0 spiro atoms. The minimum absolute atomic E-state index is 0.167. The molecule has 0 bridgehead atoms. The molecular weight excluding hydrogens is 206 g/mol. The predicted molar refractivity (Wildman–Crippen MR) is 33.9 cm³/mol. The van der Waals surface area contributed by atoms with Crippen LogP contribution in [0, 0.1) is 0 Å². The summed E-state index contributed by atoms with van der Waals surface area (Å²) in [5.74, 6) is 0.167. The summed E-state index contributed by atoms with van der Waals surface area (Å²) in [5.41, 5.74) is 0. The minimum atomic E-state index is -1.92. The van der Waals surface area contributed by atoms with Crippen molar-refractivity contribution in [3.63, 3.8) is 0 Å². The summed E-state index contributed by atoms with van der Waals surface area (Å²) in [5, 5.41) is 0. The molecule has 0 aromatic rings. The second kappa shape index (κ2) is 8.25. The van der Waals surface area contributed by atoms with Gasteiger partial charge in [-0.2, -0.15) is 0 Å². The van der Waals surface area contributed by atoms with Crippen LogP contribution in [0.1, 0.15) is 13.8 Å². The van der Waals surface area contributed by atoms with Crippen LogP contribution in [0.25, 0.3) is 0 Å². The summed E-state index contributed by atoms with van der Waals surface area (Å²) in [4.78, 5) is 9.44. The molecule has 0 aliphatic heterocycles. The Morgan fingerprint density at radius 3 is 1.25 bits per heavy atom. The molecule has 0 radical (unpaired) electrons. The molecule has 0 saturated heterocycles. The third-order valence-corrected chi connectivity index (χ3v) is 0. The normalized spacial score (nSPS) is 6.62. The van der Waals surface area contributed by atoms with Crippen LogP contribution < -0.4 is 0 Å². The number of hydrogen-bond donors (Lipinski definition) is 0. The van der Waals surface area contributed by atoms with Gasteiger partial charge in [-0.15, -0.1) is 0 Å². The average Bonchev–Trinajstić information content (AvgIpc) is 1.25. The Bertz CT molecular complexity index is 58.8. The maximum atomic E-state index is 9.44. The first-order valence-electron chi connectivity index (χ1n) is 1.77. The van der Waals surface area contributed by atoms with Crippen LogP contribution in [-0.4, -0.2) is 5.78 Å². The van der Waals surface area contributed by atoms with E-state index in [1.165, 1.54) is 13.8 Å². The van der Waals surface area contributed by atoms with Gasteiger partial charge in [0.05, 0.1) is 0 Å². The zero-order valence-corrected chi connectivity index (χ0v) is 8.37. The van der Waals surface area contributed by atoms with E-state index < -0.39 is 14.7 Å². The number of rotatable bonds is 0. The zero-order valence-electron chi connectivity index (χ0n) is 4.54. The van der Waals surface area contributed by atoms with Crippen molar-refractivity contribution >= 4 is 33.7 Å². The van der Waals surface area contributed by atoms with Gasteiger partial charge in [0.25, 0.3) is 0 Å². The van der Waals surface area contributed by atoms with Gasteiger partial charge in [-0.1, -0.05) is 0 Å². The quantitative estimate of drug-likeness (QED) is 0.564. The predicted octanol–water partition coefficient (Wildman–Crippen LogP) is 2.66. The van der Waals surface area contributed by atoms with Crippen molar-refractivity contribution in [3.8, 4) is 0 Å². The summed E-state index contributed by atoms with van der Waals surface area (Å²) >= 11 is -1.92. The van der Waals surface area contributed by atoms with Crippen molar-refractivity contribution in [3.05, 3.63) is 0 Å². The molecule has 0 aliphatic carbocycles. The number of carbonyl (C=O) groups is 1. The Kier molecular flexibility index (Phi) is 12.4. The Labute approximate surface area is 66.8 Å². The SMILES string of the molecule is CC(C)=O.[Cl][Ti]([Cl])[Cl]. The Balaban J connectivity index is 0. The van der Waals surface area contributed by atoms with E-state index >= 15 is 0 Å². The van der Waals surface area contributed by atoms with Gasteiger partial charge in [0.2, 0.25) is 0 Å². The molecule has 49 valence electrons. The first kappa shape index (κ1) is 12.0. The van der Waals surface area contributed by atoms with Gasteiger partial charge in [-0.05, 0) is 13.8 Å². The van der Waals surface area contributed by atoms with Gasteiger partial charge in [0, 0.05) is 0 Å². The zero-order chi connectivity index (χ0) is 7.15. The number of hydrogen-bond acceptors (Lipinski definition) is 1. The number of ketones is 1. The van der Waals surface area contributed by atoms with Crippen LogP contribution in [0.4, 0.5) is 0 Å². The van der Waals surface area contributed by atoms with E-state index in [2.05, 4.69) is 0 Å². The fourth-order valence-electron chi connectivity index (χ4n) is 0.